The van der Waals surface area contributed by atoms with Crippen LogP contribution in [0.25, 0.3) is 0 Å². The molecule has 0 bridgehead atoms. The first kappa shape index (κ1) is 17.0. The molecule has 0 aromatic carbocycles. The van der Waals surface area contributed by atoms with E-state index in [0.717, 1.165) is 43.1 Å². The van der Waals surface area contributed by atoms with Crippen molar-refractivity contribution in [1.82, 2.24) is 15.0 Å². The van der Waals surface area contributed by atoms with Crippen molar-refractivity contribution < 1.29 is 4.74 Å². The number of hydrogen-bond acceptors (Lipinski definition) is 6. The van der Waals surface area contributed by atoms with Gasteiger partial charge in [0.05, 0.1) is 16.8 Å². The summed E-state index contributed by atoms with van der Waals surface area (Å²) in [5.41, 5.74) is 0.601. The number of pyridine rings is 1. The topological polar surface area (TPSA) is 79.9 Å². The van der Waals surface area contributed by atoms with Gasteiger partial charge in [0.15, 0.2) is 0 Å². The molecule has 1 saturated heterocycles. The maximum atomic E-state index is 11.8. The van der Waals surface area contributed by atoms with E-state index in [1.165, 1.54) is 12.5 Å². The summed E-state index contributed by atoms with van der Waals surface area (Å²) in [6, 6.07) is 7.31. The minimum absolute atomic E-state index is 0.141. The molecule has 24 heavy (non-hydrogen) atoms. The van der Waals surface area contributed by atoms with Crippen molar-refractivity contribution in [2.45, 2.75) is 42.6 Å². The smallest absolute Gasteiger partial charge is 0.252 e. The molecular weight excluding hydrogens is 324 g/mol. The van der Waals surface area contributed by atoms with Gasteiger partial charge in [0, 0.05) is 31.2 Å². The van der Waals surface area contributed by atoms with E-state index in [4.69, 9.17) is 4.74 Å². The minimum Gasteiger partial charge on any atom is -0.378 e. The second kappa shape index (κ2) is 8.84. The normalized spacial score (nSPS) is 17.6. The van der Waals surface area contributed by atoms with Gasteiger partial charge in [-0.1, -0.05) is 6.07 Å². The number of ether oxygens (including phenoxy) is 1. The zero-order valence-electron chi connectivity index (χ0n) is 13.5. The molecule has 7 heteroatoms. The Morgan fingerprint density at radius 3 is 3.12 bits per heavy atom. The lowest BCUT2D eigenvalue weighted by Gasteiger charge is -2.22. The summed E-state index contributed by atoms with van der Waals surface area (Å²) in [6.45, 7) is 1.60. The Morgan fingerprint density at radius 1 is 1.38 bits per heavy atom. The summed E-state index contributed by atoms with van der Waals surface area (Å²) < 4.78 is 5.71. The van der Waals surface area contributed by atoms with Gasteiger partial charge < -0.3 is 10.1 Å². The Labute approximate surface area is 145 Å². The van der Waals surface area contributed by atoms with Gasteiger partial charge in [-0.15, -0.1) is 11.8 Å². The van der Waals surface area contributed by atoms with Crippen LogP contribution >= 0.6 is 11.8 Å². The number of anilines is 1. The van der Waals surface area contributed by atoms with Gasteiger partial charge in [0.1, 0.15) is 0 Å². The zero-order valence-corrected chi connectivity index (χ0v) is 14.3. The third kappa shape index (κ3) is 5.35. The van der Waals surface area contributed by atoms with E-state index >= 15 is 0 Å². The van der Waals surface area contributed by atoms with Crippen molar-refractivity contribution in [3.63, 3.8) is 0 Å². The Hall–Kier alpha value is -1.86. The molecule has 6 nitrogen and oxygen atoms in total. The molecule has 2 aromatic heterocycles. The number of aromatic nitrogens is 3. The molecule has 0 spiro atoms. The number of hydrogen-bond donors (Lipinski definition) is 2. The first-order valence-corrected chi connectivity index (χ1v) is 9.28. The number of thioether (sulfide) groups is 1. The van der Waals surface area contributed by atoms with Crippen molar-refractivity contribution in [3.05, 3.63) is 46.5 Å². The predicted octanol–water partition coefficient (Wildman–Crippen LogP) is 2.83. The number of nitrogens with zero attached hydrogens (tertiary/aromatic N) is 2. The van der Waals surface area contributed by atoms with Crippen LogP contribution in [0.4, 0.5) is 5.95 Å². The molecule has 1 unspecified atom stereocenters. The van der Waals surface area contributed by atoms with Crippen molar-refractivity contribution in [2.24, 2.45) is 0 Å². The van der Waals surface area contributed by atoms with Gasteiger partial charge in [0.2, 0.25) is 5.95 Å². The summed E-state index contributed by atoms with van der Waals surface area (Å²) >= 11 is 1.56. The lowest BCUT2D eigenvalue weighted by Crippen LogP contribution is -2.23. The second-order valence-corrected chi connectivity index (χ2v) is 6.74. The molecular formula is C17H22N4O2S. The fourth-order valence-electron chi connectivity index (χ4n) is 2.63. The Bertz CT molecular complexity index is 686. The summed E-state index contributed by atoms with van der Waals surface area (Å²) in [5, 5.41) is 4.12. The van der Waals surface area contributed by atoms with Crippen LogP contribution in [-0.4, -0.2) is 34.2 Å². The van der Waals surface area contributed by atoms with Crippen molar-refractivity contribution in [2.75, 3.05) is 18.5 Å². The van der Waals surface area contributed by atoms with Crippen LogP contribution in [0.2, 0.25) is 0 Å². The largest absolute Gasteiger partial charge is 0.378 e. The van der Waals surface area contributed by atoms with E-state index in [1.54, 1.807) is 18.0 Å². The number of H-pyrrole nitrogens is 1. The van der Waals surface area contributed by atoms with E-state index in [2.05, 4.69) is 20.3 Å². The first-order chi connectivity index (χ1) is 11.8. The van der Waals surface area contributed by atoms with E-state index in [1.807, 2.05) is 18.2 Å². The van der Waals surface area contributed by atoms with Crippen LogP contribution in [0.15, 0.2) is 40.3 Å². The highest BCUT2D eigenvalue weighted by molar-refractivity contribution is 7.98. The fraction of sp³-hybridized carbons (Fsp3) is 0.471. The highest BCUT2D eigenvalue weighted by Gasteiger charge is 2.13. The Morgan fingerprint density at radius 2 is 2.33 bits per heavy atom. The molecule has 1 fully saturated rings. The van der Waals surface area contributed by atoms with Crippen molar-refractivity contribution in [3.8, 4) is 0 Å². The van der Waals surface area contributed by atoms with Crippen molar-refractivity contribution >= 4 is 17.7 Å². The maximum Gasteiger partial charge on any atom is 0.252 e. The summed E-state index contributed by atoms with van der Waals surface area (Å²) in [7, 11) is 0. The monoisotopic (exact) mass is 346 g/mol. The van der Waals surface area contributed by atoms with Crippen LogP contribution in [-0.2, 0) is 10.5 Å². The molecule has 2 aromatic rings. The second-order valence-electron chi connectivity index (χ2n) is 5.75. The van der Waals surface area contributed by atoms with Crippen LogP contribution in [0, 0.1) is 0 Å². The van der Waals surface area contributed by atoms with E-state index < -0.39 is 0 Å². The molecule has 128 valence electrons. The number of aromatic amines is 1. The Kier molecular flexibility index (Phi) is 6.26. The molecule has 1 atom stereocenters. The molecule has 0 radical (unpaired) electrons. The number of rotatable bonds is 7. The summed E-state index contributed by atoms with van der Waals surface area (Å²) in [6.07, 6.45) is 6.52. The molecule has 3 heterocycles. The molecule has 1 aliphatic rings. The molecule has 0 saturated carbocycles. The van der Waals surface area contributed by atoms with Gasteiger partial charge >= 0.3 is 0 Å². The van der Waals surface area contributed by atoms with Crippen LogP contribution in [0.5, 0.6) is 0 Å². The summed E-state index contributed by atoms with van der Waals surface area (Å²) in [4.78, 5) is 23.3. The third-order valence-corrected chi connectivity index (χ3v) is 4.81. The third-order valence-electron chi connectivity index (χ3n) is 3.83. The quantitative estimate of drug-likeness (QED) is 0.751. The van der Waals surface area contributed by atoms with Crippen LogP contribution < -0.4 is 10.9 Å². The molecule has 2 N–H and O–H groups in total. The van der Waals surface area contributed by atoms with Gasteiger partial charge in [0.25, 0.3) is 5.56 Å². The lowest BCUT2D eigenvalue weighted by atomic mass is 10.1. The van der Waals surface area contributed by atoms with Gasteiger partial charge in [-0.3, -0.25) is 9.78 Å². The van der Waals surface area contributed by atoms with Gasteiger partial charge in [-0.25, -0.2) is 9.97 Å². The molecule has 0 amide bonds. The zero-order chi connectivity index (χ0) is 16.6. The molecule has 1 aliphatic heterocycles. The average molecular weight is 346 g/mol. The highest BCUT2D eigenvalue weighted by Crippen LogP contribution is 2.19. The maximum absolute atomic E-state index is 11.8. The number of nitrogens with one attached hydrogen (secondary N) is 2. The average Bonchev–Trinajstić information content (AvgIpc) is 2.61. The van der Waals surface area contributed by atoms with Crippen LogP contribution in [0.1, 0.15) is 31.4 Å². The van der Waals surface area contributed by atoms with E-state index in [9.17, 15) is 4.79 Å². The van der Waals surface area contributed by atoms with Crippen molar-refractivity contribution in [1.29, 1.82) is 0 Å². The molecule has 3 rings (SSSR count). The fourth-order valence-corrected chi connectivity index (χ4v) is 3.39. The van der Waals surface area contributed by atoms with E-state index in [-0.39, 0.29) is 5.56 Å². The lowest BCUT2D eigenvalue weighted by molar-refractivity contribution is 0.0134. The minimum atomic E-state index is -0.141. The van der Waals surface area contributed by atoms with Gasteiger partial charge in [-0.05, 0) is 37.8 Å². The summed E-state index contributed by atoms with van der Waals surface area (Å²) in [5.74, 6) is 1.14. The SMILES string of the molecule is O=c1cc(CSc2ccccn2)nc(NCCC2CCCCO2)[nH]1. The van der Waals surface area contributed by atoms with Gasteiger partial charge in [-0.2, -0.15) is 0 Å². The predicted molar refractivity (Wildman–Crippen MR) is 95.4 cm³/mol. The highest BCUT2D eigenvalue weighted by atomic mass is 32.2. The Balaban J connectivity index is 1.52. The van der Waals surface area contributed by atoms with E-state index in [0.29, 0.717) is 17.8 Å². The van der Waals surface area contributed by atoms with Crippen LogP contribution in [0.3, 0.4) is 0 Å². The molecule has 0 aliphatic carbocycles. The first-order valence-electron chi connectivity index (χ1n) is 8.29. The standard InChI is InChI=1S/C17H22N4O2S/c22-15-11-13(12-24-16-6-1-3-8-18-16)20-17(21-15)19-9-7-14-5-2-4-10-23-14/h1,3,6,8,11,14H,2,4-5,7,9-10,12H2,(H2,19,20,21,22).